The molecule has 30 heavy (non-hydrogen) atoms. The van der Waals surface area contributed by atoms with Gasteiger partial charge in [0.2, 0.25) is 0 Å². The SMILES string of the molecule is CCOC(=O)c1c(C)[nH]c(C(=O)Nc2c(-c3ccc(F)cc3)nc3sccn23)c1C. The van der Waals surface area contributed by atoms with Crippen molar-refractivity contribution in [3.63, 3.8) is 0 Å². The number of anilines is 1. The largest absolute Gasteiger partial charge is 0.462 e. The minimum atomic E-state index is -0.473. The van der Waals surface area contributed by atoms with Gasteiger partial charge < -0.3 is 15.0 Å². The second-order valence-corrected chi connectivity index (χ2v) is 7.54. The number of amides is 1. The van der Waals surface area contributed by atoms with Crippen molar-refractivity contribution in [2.45, 2.75) is 20.8 Å². The van der Waals surface area contributed by atoms with Crippen molar-refractivity contribution >= 4 is 34.0 Å². The van der Waals surface area contributed by atoms with E-state index in [0.717, 1.165) is 0 Å². The summed E-state index contributed by atoms with van der Waals surface area (Å²) in [4.78, 5) is 33.6. The van der Waals surface area contributed by atoms with Crippen LogP contribution in [0.15, 0.2) is 35.8 Å². The molecule has 1 aromatic carbocycles. The molecule has 0 fully saturated rings. The smallest absolute Gasteiger partial charge is 0.340 e. The van der Waals surface area contributed by atoms with Crippen LogP contribution in [0, 0.1) is 19.7 Å². The summed E-state index contributed by atoms with van der Waals surface area (Å²) in [5.74, 6) is -0.775. The van der Waals surface area contributed by atoms with Gasteiger partial charge in [-0.05, 0) is 50.6 Å². The molecule has 0 aliphatic rings. The van der Waals surface area contributed by atoms with E-state index in [-0.39, 0.29) is 18.1 Å². The maximum atomic E-state index is 13.3. The summed E-state index contributed by atoms with van der Waals surface area (Å²) >= 11 is 1.42. The lowest BCUT2D eigenvalue weighted by molar-refractivity contribution is 0.0525. The molecule has 2 N–H and O–H groups in total. The first-order chi connectivity index (χ1) is 14.4. The molecular formula is C21H19FN4O3S. The van der Waals surface area contributed by atoms with E-state index in [9.17, 15) is 14.0 Å². The standard InChI is InChI=1S/C21H19FN4O3S/c1-4-29-20(28)15-11(2)16(23-12(15)3)19(27)25-18-17(13-5-7-14(22)8-6-13)24-21-26(18)9-10-30-21/h5-10,23H,4H2,1-3H3,(H,25,27). The highest BCUT2D eigenvalue weighted by Crippen LogP contribution is 2.31. The molecule has 3 aromatic heterocycles. The van der Waals surface area contributed by atoms with Crippen molar-refractivity contribution in [2.75, 3.05) is 11.9 Å². The zero-order chi connectivity index (χ0) is 21.4. The Labute approximate surface area is 175 Å². The Bertz CT molecular complexity index is 1250. The number of aryl methyl sites for hydroxylation is 1. The fourth-order valence-corrected chi connectivity index (χ4v) is 4.08. The van der Waals surface area contributed by atoms with Gasteiger partial charge in [-0.25, -0.2) is 14.2 Å². The van der Waals surface area contributed by atoms with Gasteiger partial charge in [0.1, 0.15) is 23.0 Å². The van der Waals surface area contributed by atoms with Crippen molar-refractivity contribution in [2.24, 2.45) is 0 Å². The molecule has 9 heteroatoms. The van der Waals surface area contributed by atoms with Crippen molar-refractivity contribution in [1.82, 2.24) is 14.4 Å². The number of aromatic amines is 1. The molecule has 3 heterocycles. The zero-order valence-corrected chi connectivity index (χ0v) is 17.4. The predicted molar refractivity (Wildman–Crippen MR) is 113 cm³/mol. The van der Waals surface area contributed by atoms with Gasteiger partial charge in [0.25, 0.3) is 5.91 Å². The lowest BCUT2D eigenvalue weighted by atomic mass is 10.1. The Balaban J connectivity index is 1.73. The fourth-order valence-electron chi connectivity index (χ4n) is 3.37. The van der Waals surface area contributed by atoms with Crippen LogP contribution < -0.4 is 5.32 Å². The maximum absolute atomic E-state index is 13.3. The number of hydrogen-bond acceptors (Lipinski definition) is 5. The lowest BCUT2D eigenvalue weighted by Crippen LogP contribution is -2.16. The summed E-state index contributed by atoms with van der Waals surface area (Å²) in [5, 5.41) is 4.75. The molecular weight excluding hydrogens is 407 g/mol. The van der Waals surface area contributed by atoms with Crippen LogP contribution in [0.4, 0.5) is 10.2 Å². The van der Waals surface area contributed by atoms with Gasteiger partial charge in [-0.15, -0.1) is 11.3 Å². The highest BCUT2D eigenvalue weighted by molar-refractivity contribution is 7.15. The number of H-pyrrole nitrogens is 1. The molecule has 0 aliphatic heterocycles. The number of fused-ring (bicyclic) bond motifs is 1. The third-order valence-electron chi connectivity index (χ3n) is 4.76. The van der Waals surface area contributed by atoms with Gasteiger partial charge in [-0.2, -0.15) is 0 Å². The number of carbonyl (C=O) groups excluding carboxylic acids is 2. The second kappa shape index (κ2) is 7.75. The van der Waals surface area contributed by atoms with Crippen molar-refractivity contribution < 1.29 is 18.7 Å². The number of imidazole rings is 1. The molecule has 1 amide bonds. The molecule has 0 bridgehead atoms. The molecule has 0 unspecified atom stereocenters. The van der Waals surface area contributed by atoms with Gasteiger partial charge in [-0.3, -0.25) is 9.20 Å². The summed E-state index contributed by atoms with van der Waals surface area (Å²) in [7, 11) is 0. The summed E-state index contributed by atoms with van der Waals surface area (Å²) in [6, 6.07) is 5.91. The molecule has 0 saturated heterocycles. The van der Waals surface area contributed by atoms with Crippen LogP contribution in [-0.2, 0) is 4.74 Å². The molecule has 7 nitrogen and oxygen atoms in total. The predicted octanol–water partition coefficient (Wildman–Crippen LogP) is 4.58. The van der Waals surface area contributed by atoms with Crippen molar-refractivity contribution in [3.05, 3.63) is 64.2 Å². The Kier molecular flexibility index (Phi) is 5.13. The molecule has 154 valence electrons. The minimum Gasteiger partial charge on any atom is -0.462 e. The molecule has 0 radical (unpaired) electrons. The quantitative estimate of drug-likeness (QED) is 0.458. The monoisotopic (exact) mass is 426 g/mol. The number of nitrogens with one attached hydrogen (secondary N) is 2. The number of carbonyl (C=O) groups is 2. The second-order valence-electron chi connectivity index (χ2n) is 6.67. The van der Waals surface area contributed by atoms with Gasteiger partial charge in [0, 0.05) is 22.8 Å². The van der Waals surface area contributed by atoms with E-state index in [4.69, 9.17) is 4.74 Å². The minimum absolute atomic E-state index is 0.247. The average Bonchev–Trinajstić information content (AvgIpc) is 3.37. The molecule has 0 spiro atoms. The van der Waals surface area contributed by atoms with E-state index in [0.29, 0.717) is 38.9 Å². The number of hydrogen-bond donors (Lipinski definition) is 2. The van der Waals surface area contributed by atoms with E-state index in [1.807, 2.05) is 5.38 Å². The van der Waals surface area contributed by atoms with Crippen LogP contribution in [0.3, 0.4) is 0 Å². The number of thiazole rings is 1. The first-order valence-electron chi connectivity index (χ1n) is 9.29. The third-order valence-corrected chi connectivity index (χ3v) is 5.51. The lowest BCUT2D eigenvalue weighted by Gasteiger charge is -2.07. The topological polar surface area (TPSA) is 88.5 Å². The maximum Gasteiger partial charge on any atom is 0.340 e. The first-order valence-corrected chi connectivity index (χ1v) is 10.2. The molecule has 0 atom stereocenters. The summed E-state index contributed by atoms with van der Waals surface area (Å²) < 4.78 is 20.2. The summed E-state index contributed by atoms with van der Waals surface area (Å²) in [6.07, 6.45) is 1.80. The Morgan fingerprint density at radius 3 is 2.70 bits per heavy atom. The highest BCUT2D eigenvalue weighted by atomic mass is 32.1. The van der Waals surface area contributed by atoms with Crippen LogP contribution in [0.2, 0.25) is 0 Å². The van der Waals surface area contributed by atoms with E-state index >= 15 is 0 Å². The number of aromatic nitrogens is 3. The van der Waals surface area contributed by atoms with E-state index in [1.165, 1.54) is 23.5 Å². The summed E-state index contributed by atoms with van der Waals surface area (Å²) in [6.45, 7) is 5.39. The number of benzene rings is 1. The Morgan fingerprint density at radius 1 is 1.27 bits per heavy atom. The number of nitrogens with zero attached hydrogens (tertiary/aromatic N) is 2. The Hall–Kier alpha value is -3.46. The number of ether oxygens (including phenoxy) is 1. The van der Waals surface area contributed by atoms with Crippen LogP contribution in [0.25, 0.3) is 16.2 Å². The first kappa shape index (κ1) is 19.8. The number of esters is 1. The van der Waals surface area contributed by atoms with Crippen LogP contribution in [0.1, 0.15) is 39.0 Å². The van der Waals surface area contributed by atoms with Gasteiger partial charge in [0.05, 0.1) is 12.2 Å². The van der Waals surface area contributed by atoms with E-state index < -0.39 is 11.9 Å². The van der Waals surface area contributed by atoms with Crippen LogP contribution >= 0.6 is 11.3 Å². The third kappa shape index (κ3) is 3.37. The van der Waals surface area contributed by atoms with E-state index in [1.54, 1.807) is 43.5 Å². The van der Waals surface area contributed by atoms with Gasteiger partial charge >= 0.3 is 5.97 Å². The van der Waals surface area contributed by atoms with Gasteiger partial charge in [-0.1, -0.05) is 0 Å². The Morgan fingerprint density at radius 2 is 2.00 bits per heavy atom. The van der Waals surface area contributed by atoms with E-state index in [2.05, 4.69) is 15.3 Å². The number of rotatable bonds is 5. The average molecular weight is 426 g/mol. The van der Waals surface area contributed by atoms with Crippen LogP contribution in [0.5, 0.6) is 0 Å². The van der Waals surface area contributed by atoms with Crippen molar-refractivity contribution in [3.8, 4) is 11.3 Å². The molecule has 4 rings (SSSR count). The number of halogens is 1. The summed E-state index contributed by atoms with van der Waals surface area (Å²) in [5.41, 5.74) is 2.90. The fraction of sp³-hybridized carbons (Fsp3) is 0.190. The molecule has 0 aliphatic carbocycles. The van der Waals surface area contributed by atoms with Crippen LogP contribution in [-0.4, -0.2) is 32.9 Å². The molecule has 0 saturated carbocycles. The zero-order valence-electron chi connectivity index (χ0n) is 16.6. The normalized spacial score (nSPS) is 11.1. The molecule has 4 aromatic rings. The highest BCUT2D eigenvalue weighted by Gasteiger charge is 2.25. The van der Waals surface area contributed by atoms with Gasteiger partial charge in [0.15, 0.2) is 4.96 Å². The van der Waals surface area contributed by atoms with Crippen molar-refractivity contribution in [1.29, 1.82) is 0 Å².